The van der Waals surface area contributed by atoms with E-state index in [1.165, 1.54) is 32.9 Å². The number of hydrogen-bond donors (Lipinski definition) is 1. The molecule has 3 nitrogen and oxygen atoms in total. The van der Waals surface area contributed by atoms with Crippen LogP contribution in [0.15, 0.2) is 17.0 Å². The maximum Gasteiger partial charge on any atom is 0.160 e. The number of hydrogen-bond acceptors (Lipinski definition) is 4. The Balaban J connectivity index is 0.00000256. The fraction of sp³-hybridized carbons (Fsp3) is 0.250. The number of rotatable bonds is 3. The molecule has 0 atom stereocenters. The van der Waals surface area contributed by atoms with Crippen LogP contribution >= 0.6 is 12.6 Å². The molecular weight excluding hydrogens is 290 g/mol. The van der Waals surface area contributed by atoms with Gasteiger partial charge in [-0.2, -0.15) is 0 Å². The van der Waals surface area contributed by atoms with Gasteiger partial charge < -0.3 is 0 Å². The van der Waals surface area contributed by atoms with E-state index in [0.717, 1.165) is 0 Å². The first-order valence-electron chi connectivity index (χ1n) is 4.74. The summed E-state index contributed by atoms with van der Waals surface area (Å²) in [6.45, 7) is 4.15. The average Bonchev–Trinajstić information content (AvgIpc) is 2.16. The van der Waals surface area contributed by atoms with Gasteiger partial charge in [-0.05, 0) is 32.9 Å². The van der Waals surface area contributed by atoms with Crippen molar-refractivity contribution in [3.05, 3.63) is 28.8 Å². The molecule has 17 heavy (non-hydrogen) atoms. The predicted octanol–water partition coefficient (Wildman–Crippen LogP) is 2.58. The molecule has 86 valence electrons. The summed E-state index contributed by atoms with van der Waals surface area (Å²) in [6.07, 6.45) is 0. The van der Waals surface area contributed by atoms with Crippen molar-refractivity contribution >= 4 is 30.0 Å². The van der Waals surface area contributed by atoms with Crippen LogP contribution in [0.3, 0.4) is 0 Å². The Labute approximate surface area is 118 Å². The molecule has 0 aliphatic carbocycles. The van der Waals surface area contributed by atoms with Gasteiger partial charge in [0.25, 0.3) is 0 Å². The molecule has 0 bridgehead atoms. The summed E-state index contributed by atoms with van der Waals surface area (Å²) in [6, 6.07) is 2.94. The van der Waals surface area contributed by atoms with Crippen LogP contribution in [-0.4, -0.2) is 17.3 Å². The molecule has 0 saturated carbocycles. The summed E-state index contributed by atoms with van der Waals surface area (Å²) in [4.78, 5) is 34.3. The zero-order valence-electron chi connectivity index (χ0n) is 10.0. The second kappa shape index (κ2) is 6.22. The molecule has 0 unspecified atom stereocenters. The van der Waals surface area contributed by atoms with Crippen LogP contribution < -0.4 is 0 Å². The smallest absolute Gasteiger partial charge is 0.160 e. The summed E-state index contributed by atoms with van der Waals surface area (Å²) in [5.41, 5.74) is 0.968. The Morgan fingerprint density at radius 1 is 0.882 bits per heavy atom. The fourth-order valence-electron chi connectivity index (χ4n) is 1.37. The van der Waals surface area contributed by atoms with E-state index in [0.29, 0.717) is 21.6 Å². The fourth-order valence-corrected chi connectivity index (χ4v) is 1.82. The average molecular weight is 302 g/mol. The Morgan fingerprint density at radius 3 is 1.47 bits per heavy atom. The standard InChI is InChI=1S/C12H12O3S.Zn/c1-6(13)9-4-10(7(2)14)12(16)11(5-9)8(3)15;/h4-5,16H,1-3H3;. The number of carbonyl (C=O) groups is 3. The van der Waals surface area contributed by atoms with E-state index in [-0.39, 0.29) is 36.8 Å². The summed E-state index contributed by atoms with van der Waals surface area (Å²) in [5.74, 6) is -0.607. The van der Waals surface area contributed by atoms with Crippen LogP contribution in [-0.2, 0) is 19.5 Å². The van der Waals surface area contributed by atoms with Gasteiger partial charge in [0.2, 0.25) is 0 Å². The molecule has 1 rings (SSSR count). The summed E-state index contributed by atoms with van der Waals surface area (Å²) in [5, 5.41) is 0. The molecule has 0 N–H and O–H groups in total. The largest absolute Gasteiger partial charge is 0.295 e. The SMILES string of the molecule is CC(=O)c1cc(C(C)=O)c(S)c(C(C)=O)c1.[Zn]. The maximum atomic E-state index is 11.3. The molecule has 0 radical (unpaired) electrons. The Kier molecular flexibility index (Phi) is 5.93. The van der Waals surface area contributed by atoms with Crippen molar-refractivity contribution in [1.82, 2.24) is 0 Å². The van der Waals surface area contributed by atoms with Crippen LogP contribution in [0.4, 0.5) is 0 Å². The quantitative estimate of drug-likeness (QED) is 0.530. The first-order chi connectivity index (χ1) is 7.34. The minimum atomic E-state index is -0.212. The topological polar surface area (TPSA) is 51.2 Å². The number of thiol groups is 1. The van der Waals surface area contributed by atoms with Gasteiger partial charge in [0.05, 0.1) is 0 Å². The summed E-state index contributed by atoms with van der Waals surface area (Å²) in [7, 11) is 0. The van der Waals surface area contributed by atoms with E-state index in [1.807, 2.05) is 0 Å². The van der Waals surface area contributed by atoms with Gasteiger partial charge in [-0.3, -0.25) is 14.4 Å². The van der Waals surface area contributed by atoms with Gasteiger partial charge in [-0.25, -0.2) is 0 Å². The van der Waals surface area contributed by atoms with E-state index >= 15 is 0 Å². The summed E-state index contributed by atoms with van der Waals surface area (Å²) < 4.78 is 0. The molecule has 5 heteroatoms. The zero-order valence-corrected chi connectivity index (χ0v) is 13.9. The number of benzene rings is 1. The normalized spacial score (nSPS) is 9.41. The van der Waals surface area contributed by atoms with Crippen LogP contribution in [0.2, 0.25) is 0 Å². The van der Waals surface area contributed by atoms with Gasteiger partial charge in [-0.1, -0.05) is 0 Å². The van der Waals surface area contributed by atoms with E-state index < -0.39 is 0 Å². The molecule has 0 saturated heterocycles. The van der Waals surface area contributed by atoms with E-state index in [1.54, 1.807) is 0 Å². The van der Waals surface area contributed by atoms with Crippen molar-refractivity contribution in [2.45, 2.75) is 25.7 Å². The van der Waals surface area contributed by atoms with Gasteiger partial charge in [0.15, 0.2) is 17.3 Å². The van der Waals surface area contributed by atoms with Crippen LogP contribution in [0.1, 0.15) is 51.8 Å². The molecule has 1 aromatic carbocycles. The van der Waals surface area contributed by atoms with Gasteiger partial charge >= 0.3 is 0 Å². The van der Waals surface area contributed by atoms with Gasteiger partial charge in [0.1, 0.15) is 0 Å². The number of ketones is 3. The van der Waals surface area contributed by atoms with Crippen molar-refractivity contribution in [3.63, 3.8) is 0 Å². The minimum absolute atomic E-state index is 0. The molecule has 0 aliphatic heterocycles. The molecule has 0 aromatic heterocycles. The third-order valence-electron chi connectivity index (χ3n) is 2.28. The van der Waals surface area contributed by atoms with E-state index in [2.05, 4.69) is 12.6 Å². The van der Waals surface area contributed by atoms with Crippen molar-refractivity contribution in [2.24, 2.45) is 0 Å². The first kappa shape index (κ1) is 16.2. The van der Waals surface area contributed by atoms with Gasteiger partial charge in [0, 0.05) is 41.1 Å². The minimum Gasteiger partial charge on any atom is -0.295 e. The monoisotopic (exact) mass is 300 g/mol. The number of Topliss-reactive ketones (excluding diaryl/α,β-unsaturated/α-hetero) is 3. The maximum absolute atomic E-state index is 11.3. The van der Waals surface area contributed by atoms with Crippen molar-refractivity contribution in [2.75, 3.05) is 0 Å². The molecule has 0 amide bonds. The predicted molar refractivity (Wildman–Crippen MR) is 63.7 cm³/mol. The molecule has 1 aromatic rings. The second-order valence-corrected chi connectivity index (χ2v) is 4.04. The summed E-state index contributed by atoms with van der Waals surface area (Å²) >= 11 is 4.15. The molecule has 0 fully saturated rings. The van der Waals surface area contributed by atoms with E-state index in [9.17, 15) is 14.4 Å². The first-order valence-corrected chi connectivity index (χ1v) is 5.19. The molecule has 0 aliphatic rings. The van der Waals surface area contributed by atoms with Crippen molar-refractivity contribution in [1.29, 1.82) is 0 Å². The van der Waals surface area contributed by atoms with Crippen molar-refractivity contribution in [3.8, 4) is 0 Å². The molecular formula is C12H12O3SZn. The Morgan fingerprint density at radius 2 is 1.24 bits per heavy atom. The van der Waals surface area contributed by atoms with Crippen LogP contribution in [0.25, 0.3) is 0 Å². The third-order valence-corrected chi connectivity index (χ3v) is 2.76. The van der Waals surface area contributed by atoms with Crippen LogP contribution in [0.5, 0.6) is 0 Å². The van der Waals surface area contributed by atoms with Crippen molar-refractivity contribution < 1.29 is 33.9 Å². The van der Waals surface area contributed by atoms with E-state index in [4.69, 9.17) is 0 Å². The van der Waals surface area contributed by atoms with Gasteiger partial charge in [-0.15, -0.1) is 12.6 Å². The molecule has 0 spiro atoms. The number of carbonyl (C=O) groups excluding carboxylic acids is 3. The third kappa shape index (κ3) is 3.58. The Bertz CT molecular complexity index is 460. The molecule has 0 heterocycles. The zero-order chi connectivity index (χ0) is 12.5. The van der Waals surface area contributed by atoms with Crippen LogP contribution in [0, 0.1) is 0 Å². The Hall–Kier alpha value is -0.797. The second-order valence-electron chi connectivity index (χ2n) is 3.59.